The molecule has 68 valence electrons. The molecule has 0 unspecified atom stereocenters. The first kappa shape index (κ1) is 9.58. The molecule has 0 radical (unpaired) electrons. The molecule has 1 saturated heterocycles. The SMILES string of the molecule is B=C(O)N1CCNC[C@@H]1C(C)C. The summed E-state index contributed by atoms with van der Waals surface area (Å²) < 4.78 is 0. The molecule has 0 spiro atoms. The van der Waals surface area contributed by atoms with E-state index in [-0.39, 0.29) is 5.77 Å². The van der Waals surface area contributed by atoms with Crippen molar-refractivity contribution >= 4 is 13.3 Å². The Balaban J connectivity index is 2.60. The van der Waals surface area contributed by atoms with Crippen molar-refractivity contribution in [3.8, 4) is 0 Å². The second kappa shape index (κ2) is 3.94. The Kier molecular flexibility index (Phi) is 3.15. The van der Waals surface area contributed by atoms with Crippen LogP contribution in [-0.4, -0.2) is 48.9 Å². The van der Waals surface area contributed by atoms with E-state index in [1.165, 1.54) is 0 Å². The molecule has 1 aliphatic heterocycles. The van der Waals surface area contributed by atoms with Crippen molar-refractivity contribution in [2.45, 2.75) is 19.9 Å². The molecule has 12 heavy (non-hydrogen) atoms. The number of piperazine rings is 1. The molecule has 3 nitrogen and oxygen atoms in total. The molecule has 0 bridgehead atoms. The van der Waals surface area contributed by atoms with Gasteiger partial charge >= 0.3 is 74.0 Å². The van der Waals surface area contributed by atoms with Crippen LogP contribution < -0.4 is 5.32 Å². The third kappa shape index (κ3) is 2.00. The molecular weight excluding hydrogens is 151 g/mol. The topological polar surface area (TPSA) is 35.5 Å². The predicted molar refractivity (Wildman–Crippen MR) is 52.3 cm³/mol. The van der Waals surface area contributed by atoms with E-state index in [9.17, 15) is 5.11 Å². The second-order valence-electron chi connectivity index (χ2n) is 3.63. The van der Waals surface area contributed by atoms with Gasteiger partial charge < -0.3 is 0 Å². The van der Waals surface area contributed by atoms with Crippen LogP contribution in [0, 0.1) is 5.92 Å². The third-order valence-corrected chi connectivity index (χ3v) is 2.38. The maximum absolute atomic E-state index is 9.30. The van der Waals surface area contributed by atoms with Gasteiger partial charge in [-0.15, -0.1) is 0 Å². The minimum absolute atomic E-state index is 0.204. The van der Waals surface area contributed by atoms with Crippen molar-refractivity contribution in [3.63, 3.8) is 0 Å². The summed E-state index contributed by atoms with van der Waals surface area (Å²) in [6.07, 6.45) is 0. The summed E-state index contributed by atoms with van der Waals surface area (Å²) in [5.74, 6) is 0.747. The number of nitrogens with one attached hydrogen (secondary N) is 1. The van der Waals surface area contributed by atoms with Crippen molar-refractivity contribution in [1.82, 2.24) is 10.2 Å². The Hall–Kier alpha value is -0.505. The van der Waals surface area contributed by atoms with Gasteiger partial charge in [0.05, 0.1) is 0 Å². The quantitative estimate of drug-likeness (QED) is 0.534. The van der Waals surface area contributed by atoms with Gasteiger partial charge in [-0.05, 0) is 0 Å². The van der Waals surface area contributed by atoms with Crippen LogP contribution in [0.2, 0.25) is 0 Å². The van der Waals surface area contributed by atoms with Gasteiger partial charge in [0.25, 0.3) is 0 Å². The van der Waals surface area contributed by atoms with Crippen LogP contribution in [-0.2, 0) is 0 Å². The van der Waals surface area contributed by atoms with Gasteiger partial charge in [0.2, 0.25) is 0 Å². The molecule has 0 aliphatic carbocycles. The summed E-state index contributed by atoms with van der Waals surface area (Å²) in [6, 6.07) is 0.385. The Labute approximate surface area is 74.8 Å². The van der Waals surface area contributed by atoms with Gasteiger partial charge in [-0.2, -0.15) is 0 Å². The average Bonchev–Trinajstić information content (AvgIpc) is 2.04. The fourth-order valence-corrected chi connectivity index (χ4v) is 1.64. The van der Waals surface area contributed by atoms with E-state index in [4.69, 9.17) is 0 Å². The van der Waals surface area contributed by atoms with Gasteiger partial charge in [-0.25, -0.2) is 0 Å². The van der Waals surface area contributed by atoms with E-state index >= 15 is 0 Å². The zero-order valence-corrected chi connectivity index (χ0v) is 7.88. The summed E-state index contributed by atoms with van der Waals surface area (Å²) in [5.41, 5.74) is 0. The van der Waals surface area contributed by atoms with Crippen molar-refractivity contribution in [2.24, 2.45) is 5.92 Å². The van der Waals surface area contributed by atoms with Gasteiger partial charge in [-0.1, -0.05) is 0 Å². The molecule has 1 atom stereocenters. The number of rotatable bonds is 2. The molecule has 2 N–H and O–H groups in total. The molecule has 1 heterocycles. The van der Waals surface area contributed by atoms with Crippen LogP contribution in [0.1, 0.15) is 13.8 Å². The number of hydrogen-bond donors (Lipinski definition) is 2. The van der Waals surface area contributed by atoms with E-state index in [1.54, 1.807) is 0 Å². The minimum atomic E-state index is 0.204. The van der Waals surface area contributed by atoms with Crippen molar-refractivity contribution in [3.05, 3.63) is 0 Å². The molecule has 0 saturated carbocycles. The molecule has 0 aromatic heterocycles. The fraction of sp³-hybridized carbons (Fsp3) is 0.875. The third-order valence-electron chi connectivity index (χ3n) is 2.38. The predicted octanol–water partition coefficient (Wildman–Crippen LogP) is -0.723. The second-order valence-corrected chi connectivity index (χ2v) is 3.63. The summed E-state index contributed by atoms with van der Waals surface area (Å²) >= 11 is 0. The van der Waals surface area contributed by atoms with E-state index in [0.717, 1.165) is 19.6 Å². The molecule has 1 rings (SSSR count). The molecule has 0 aromatic rings. The zero-order valence-electron chi connectivity index (χ0n) is 7.88. The van der Waals surface area contributed by atoms with Gasteiger partial charge in [0.15, 0.2) is 0 Å². The average molecular weight is 168 g/mol. The van der Waals surface area contributed by atoms with Gasteiger partial charge in [0, 0.05) is 0 Å². The first-order chi connectivity index (χ1) is 5.63. The van der Waals surface area contributed by atoms with Crippen LogP contribution in [0.25, 0.3) is 0 Å². The number of aliphatic hydroxyl groups excluding tert-OH is 1. The molecule has 1 aliphatic rings. The van der Waals surface area contributed by atoms with E-state index in [0.29, 0.717) is 12.0 Å². The number of hydrogen-bond acceptors (Lipinski definition) is 3. The summed E-state index contributed by atoms with van der Waals surface area (Å²) in [6.45, 7) is 7.06. The Morgan fingerprint density at radius 3 is 2.75 bits per heavy atom. The molecular formula is C8H17BN2O. The van der Waals surface area contributed by atoms with Crippen LogP contribution in [0.15, 0.2) is 0 Å². The van der Waals surface area contributed by atoms with Crippen LogP contribution >= 0.6 is 0 Å². The van der Waals surface area contributed by atoms with E-state index in [2.05, 4.69) is 26.7 Å². The van der Waals surface area contributed by atoms with E-state index in [1.807, 2.05) is 4.90 Å². The van der Waals surface area contributed by atoms with Gasteiger partial charge in [-0.3, -0.25) is 0 Å². The van der Waals surface area contributed by atoms with Crippen LogP contribution in [0.3, 0.4) is 0 Å². The van der Waals surface area contributed by atoms with E-state index < -0.39 is 0 Å². The van der Waals surface area contributed by atoms with Crippen molar-refractivity contribution in [1.29, 1.82) is 0 Å². The first-order valence-electron chi connectivity index (χ1n) is 4.48. The first-order valence-corrected chi connectivity index (χ1v) is 4.48. The molecule has 0 aromatic carbocycles. The van der Waals surface area contributed by atoms with Crippen molar-refractivity contribution < 1.29 is 5.11 Å². The maximum atomic E-state index is 9.30. The monoisotopic (exact) mass is 168 g/mol. The normalized spacial score (nSPS) is 24.5. The zero-order chi connectivity index (χ0) is 9.14. The molecule has 1 fully saturated rings. The summed E-state index contributed by atoms with van der Waals surface area (Å²) in [4.78, 5) is 1.97. The standard InChI is InChI=1S/C8H17BN2O/c1-6(2)7-5-10-3-4-11(7)8(9)12/h6-7,9-10,12H,3-5H2,1-2H3/t7-/m1/s1. The Morgan fingerprint density at radius 1 is 1.67 bits per heavy atom. The van der Waals surface area contributed by atoms with Crippen molar-refractivity contribution in [2.75, 3.05) is 19.6 Å². The Bertz CT molecular complexity index is 172. The molecule has 0 amide bonds. The van der Waals surface area contributed by atoms with Crippen LogP contribution in [0.5, 0.6) is 0 Å². The number of nitrogens with zero attached hydrogens (tertiary/aromatic N) is 1. The number of aliphatic hydroxyl groups is 1. The fourth-order valence-electron chi connectivity index (χ4n) is 1.64. The summed E-state index contributed by atoms with van der Waals surface area (Å²) in [5, 5.41) is 12.6. The summed E-state index contributed by atoms with van der Waals surface area (Å²) in [7, 11) is 3.57. The molecule has 4 heteroatoms. The Morgan fingerprint density at radius 2 is 2.33 bits per heavy atom. The van der Waals surface area contributed by atoms with Gasteiger partial charge in [0.1, 0.15) is 0 Å². The van der Waals surface area contributed by atoms with Crippen LogP contribution in [0.4, 0.5) is 0 Å².